The maximum atomic E-state index is 11.4. The highest BCUT2D eigenvalue weighted by molar-refractivity contribution is 5.74. The monoisotopic (exact) mass is 238 g/mol. The second kappa shape index (κ2) is 3.87. The second-order valence-corrected chi connectivity index (χ2v) is 3.47. The Balaban J connectivity index is 2.49. The van der Waals surface area contributed by atoms with E-state index in [1.54, 1.807) is 0 Å². The minimum Gasteiger partial charge on any atom is -0.480 e. The average molecular weight is 238 g/mol. The fourth-order valence-electron chi connectivity index (χ4n) is 1.39. The molecule has 0 bridgehead atoms. The lowest BCUT2D eigenvalue weighted by Gasteiger charge is -2.07. The number of aromatic amines is 1. The third-order valence-electron chi connectivity index (χ3n) is 2.20. The first-order valence-electron chi connectivity index (χ1n) is 4.68. The standard InChI is InChI=1S/C8H10N6O3/c9-3(7(16)17)1-14-2-11-4-5(14)12-8(10)13-6(4)15/h2-3H,1,9H2,(H,16,17)(H3,10,12,13,15)/t3-/m0/s1. The molecule has 0 radical (unpaired) electrons. The van der Waals surface area contributed by atoms with Crippen LogP contribution >= 0.6 is 0 Å². The van der Waals surface area contributed by atoms with E-state index in [4.69, 9.17) is 16.6 Å². The van der Waals surface area contributed by atoms with Crippen LogP contribution in [0.3, 0.4) is 0 Å². The molecule has 0 saturated heterocycles. The van der Waals surface area contributed by atoms with Gasteiger partial charge in [-0.15, -0.1) is 0 Å². The van der Waals surface area contributed by atoms with Gasteiger partial charge in [0.2, 0.25) is 5.95 Å². The summed E-state index contributed by atoms with van der Waals surface area (Å²) in [7, 11) is 0. The van der Waals surface area contributed by atoms with E-state index < -0.39 is 17.6 Å². The summed E-state index contributed by atoms with van der Waals surface area (Å²) in [6.07, 6.45) is 1.30. The number of hydrogen-bond acceptors (Lipinski definition) is 6. The van der Waals surface area contributed by atoms with Gasteiger partial charge >= 0.3 is 5.97 Å². The van der Waals surface area contributed by atoms with Crippen molar-refractivity contribution in [2.45, 2.75) is 12.6 Å². The Hall–Kier alpha value is -2.42. The van der Waals surface area contributed by atoms with Crippen LogP contribution in [0.5, 0.6) is 0 Å². The lowest BCUT2D eigenvalue weighted by Crippen LogP contribution is -2.34. The van der Waals surface area contributed by atoms with Gasteiger partial charge in [0.05, 0.1) is 12.9 Å². The molecule has 0 spiro atoms. The van der Waals surface area contributed by atoms with Crippen LogP contribution in [-0.4, -0.2) is 36.6 Å². The molecule has 0 aliphatic rings. The molecule has 90 valence electrons. The highest BCUT2D eigenvalue weighted by Crippen LogP contribution is 2.06. The number of nitrogens with two attached hydrogens (primary N) is 2. The number of rotatable bonds is 3. The quantitative estimate of drug-likeness (QED) is 0.487. The minimum absolute atomic E-state index is 0.0400. The second-order valence-electron chi connectivity index (χ2n) is 3.47. The van der Waals surface area contributed by atoms with Crippen molar-refractivity contribution in [3.8, 4) is 0 Å². The maximum absolute atomic E-state index is 11.4. The number of carboxylic acids is 1. The largest absolute Gasteiger partial charge is 0.480 e. The molecule has 2 aromatic heterocycles. The van der Waals surface area contributed by atoms with Crippen LogP contribution in [0.4, 0.5) is 5.95 Å². The zero-order valence-electron chi connectivity index (χ0n) is 8.62. The van der Waals surface area contributed by atoms with Crippen LogP contribution < -0.4 is 17.0 Å². The van der Waals surface area contributed by atoms with Gasteiger partial charge in [0.25, 0.3) is 5.56 Å². The first-order valence-corrected chi connectivity index (χ1v) is 4.68. The molecule has 17 heavy (non-hydrogen) atoms. The van der Waals surface area contributed by atoms with E-state index in [-0.39, 0.29) is 23.7 Å². The van der Waals surface area contributed by atoms with Gasteiger partial charge < -0.3 is 21.1 Å². The van der Waals surface area contributed by atoms with Crippen LogP contribution in [0.1, 0.15) is 0 Å². The molecule has 0 aromatic carbocycles. The molecule has 0 unspecified atom stereocenters. The fourth-order valence-corrected chi connectivity index (χ4v) is 1.39. The maximum Gasteiger partial charge on any atom is 0.322 e. The first kappa shape index (κ1) is 11.1. The Labute approximate surface area is 94.1 Å². The number of nitrogens with zero attached hydrogens (tertiary/aromatic N) is 3. The zero-order chi connectivity index (χ0) is 12.6. The Kier molecular flexibility index (Phi) is 2.52. The summed E-state index contributed by atoms with van der Waals surface area (Å²) in [6, 6.07) is -1.10. The van der Waals surface area contributed by atoms with Crippen molar-refractivity contribution < 1.29 is 9.90 Å². The van der Waals surface area contributed by atoms with Crippen molar-refractivity contribution >= 4 is 23.1 Å². The number of fused-ring (bicyclic) bond motifs is 1. The van der Waals surface area contributed by atoms with Crippen molar-refractivity contribution in [3.05, 3.63) is 16.7 Å². The molecule has 0 saturated carbocycles. The summed E-state index contributed by atoms with van der Waals surface area (Å²) in [5.41, 5.74) is 10.6. The van der Waals surface area contributed by atoms with Crippen LogP contribution in [0.2, 0.25) is 0 Å². The Morgan fingerprint density at radius 2 is 2.35 bits per heavy atom. The van der Waals surface area contributed by atoms with Crippen molar-refractivity contribution in [2.75, 3.05) is 5.73 Å². The molecule has 9 nitrogen and oxygen atoms in total. The normalized spacial score (nSPS) is 12.8. The summed E-state index contributed by atoms with van der Waals surface area (Å²) in [6.45, 7) is -0.0400. The molecule has 2 rings (SSSR count). The zero-order valence-corrected chi connectivity index (χ0v) is 8.62. The number of aromatic nitrogens is 4. The highest BCUT2D eigenvalue weighted by Gasteiger charge is 2.15. The number of aliphatic carboxylic acids is 1. The summed E-state index contributed by atoms with van der Waals surface area (Å²) >= 11 is 0. The van der Waals surface area contributed by atoms with Gasteiger partial charge in [0.1, 0.15) is 6.04 Å². The van der Waals surface area contributed by atoms with Gasteiger partial charge in [-0.1, -0.05) is 0 Å². The SMILES string of the molecule is Nc1nc2c(ncn2C[C@H](N)C(=O)O)c(=O)[nH]1. The van der Waals surface area contributed by atoms with Crippen molar-refractivity contribution in [1.29, 1.82) is 0 Å². The topological polar surface area (TPSA) is 153 Å². The van der Waals surface area contributed by atoms with E-state index in [0.717, 1.165) is 0 Å². The van der Waals surface area contributed by atoms with E-state index in [2.05, 4.69) is 15.0 Å². The van der Waals surface area contributed by atoms with Crippen molar-refractivity contribution in [1.82, 2.24) is 19.5 Å². The molecular formula is C8H10N6O3. The molecule has 0 fully saturated rings. The number of carboxylic acid groups (broad SMARTS) is 1. The molecule has 2 heterocycles. The summed E-state index contributed by atoms with van der Waals surface area (Å²) < 4.78 is 1.37. The molecule has 1 atom stereocenters. The fraction of sp³-hybridized carbons (Fsp3) is 0.250. The molecule has 0 aliphatic heterocycles. The molecule has 6 N–H and O–H groups in total. The predicted molar refractivity (Wildman–Crippen MR) is 58.2 cm³/mol. The average Bonchev–Trinajstić information content (AvgIpc) is 2.61. The van der Waals surface area contributed by atoms with E-state index in [9.17, 15) is 9.59 Å². The third-order valence-corrected chi connectivity index (χ3v) is 2.20. The van der Waals surface area contributed by atoms with Crippen LogP contribution in [-0.2, 0) is 11.3 Å². The summed E-state index contributed by atoms with van der Waals surface area (Å²) in [5.74, 6) is -1.21. The lowest BCUT2D eigenvalue weighted by atomic mass is 10.3. The minimum atomic E-state index is -1.15. The summed E-state index contributed by atoms with van der Waals surface area (Å²) in [5, 5.41) is 8.69. The molecule has 0 amide bonds. The molecular weight excluding hydrogens is 228 g/mol. The number of anilines is 1. The van der Waals surface area contributed by atoms with E-state index in [1.165, 1.54) is 10.9 Å². The number of nitrogens with one attached hydrogen (secondary N) is 1. The number of nitrogen functional groups attached to an aromatic ring is 1. The van der Waals surface area contributed by atoms with Crippen LogP contribution in [0.15, 0.2) is 11.1 Å². The van der Waals surface area contributed by atoms with Crippen molar-refractivity contribution in [3.63, 3.8) is 0 Å². The van der Waals surface area contributed by atoms with Crippen LogP contribution in [0.25, 0.3) is 11.2 Å². The Morgan fingerprint density at radius 3 is 3.00 bits per heavy atom. The van der Waals surface area contributed by atoms with Crippen molar-refractivity contribution in [2.24, 2.45) is 5.73 Å². The van der Waals surface area contributed by atoms with Gasteiger partial charge in [-0.25, -0.2) is 4.98 Å². The van der Waals surface area contributed by atoms with Gasteiger partial charge in [-0.2, -0.15) is 4.98 Å². The molecule has 9 heteroatoms. The van der Waals surface area contributed by atoms with Gasteiger partial charge in [0, 0.05) is 0 Å². The van der Waals surface area contributed by atoms with E-state index in [0.29, 0.717) is 0 Å². The van der Waals surface area contributed by atoms with Gasteiger partial charge in [-0.3, -0.25) is 14.6 Å². The van der Waals surface area contributed by atoms with Gasteiger partial charge in [0.15, 0.2) is 11.2 Å². The van der Waals surface area contributed by atoms with Gasteiger partial charge in [-0.05, 0) is 0 Å². The third kappa shape index (κ3) is 1.95. The Morgan fingerprint density at radius 1 is 1.65 bits per heavy atom. The summed E-state index contributed by atoms with van der Waals surface area (Å²) in [4.78, 5) is 32.1. The predicted octanol–water partition coefficient (Wildman–Crippen LogP) is -1.89. The van der Waals surface area contributed by atoms with Crippen LogP contribution in [0, 0.1) is 0 Å². The number of hydrogen-bond donors (Lipinski definition) is 4. The number of H-pyrrole nitrogens is 1. The lowest BCUT2D eigenvalue weighted by molar-refractivity contribution is -0.138. The van der Waals surface area contributed by atoms with E-state index in [1.807, 2.05) is 0 Å². The first-order chi connectivity index (χ1) is 7.99. The van der Waals surface area contributed by atoms with E-state index >= 15 is 0 Å². The smallest absolute Gasteiger partial charge is 0.322 e. The number of imidazole rings is 1. The molecule has 0 aliphatic carbocycles. The highest BCUT2D eigenvalue weighted by atomic mass is 16.4. The number of carbonyl (C=O) groups is 1. The molecule has 2 aromatic rings. The Bertz CT molecular complexity index is 630.